The number of anilines is 2. The lowest BCUT2D eigenvalue weighted by Gasteiger charge is -2.11. The van der Waals surface area contributed by atoms with Crippen molar-refractivity contribution in [2.45, 2.75) is 23.8 Å². The molecule has 138 valence electrons. The number of nitrogens with zero attached hydrogens (tertiary/aromatic N) is 1. The summed E-state index contributed by atoms with van der Waals surface area (Å²) in [5.41, 5.74) is 5.21. The first-order valence-corrected chi connectivity index (χ1v) is 8.48. The van der Waals surface area contributed by atoms with E-state index in [9.17, 15) is 14.4 Å². The highest BCUT2D eigenvalue weighted by Gasteiger charge is 2.20. The average Bonchev–Trinajstić information content (AvgIpc) is 2.62. The predicted octanol–water partition coefficient (Wildman–Crippen LogP) is 1.57. The van der Waals surface area contributed by atoms with E-state index in [2.05, 4.69) is 15.3 Å². The van der Waals surface area contributed by atoms with Crippen molar-refractivity contribution in [3.05, 3.63) is 40.2 Å². The van der Waals surface area contributed by atoms with Gasteiger partial charge in [0.05, 0.1) is 7.11 Å². The fourth-order valence-electron chi connectivity index (χ4n) is 2.02. The van der Waals surface area contributed by atoms with Crippen LogP contribution in [-0.4, -0.2) is 39.3 Å². The summed E-state index contributed by atoms with van der Waals surface area (Å²) in [6, 6.07) is 6.29. The van der Waals surface area contributed by atoms with Gasteiger partial charge in [0.15, 0.2) is 11.0 Å². The van der Waals surface area contributed by atoms with E-state index in [1.165, 1.54) is 19.2 Å². The number of thioether (sulfide) groups is 1. The molecule has 1 heterocycles. The molecule has 9 nitrogen and oxygen atoms in total. The minimum absolute atomic E-state index is 0.0733. The van der Waals surface area contributed by atoms with Crippen LogP contribution < -0.4 is 21.3 Å². The molecule has 2 rings (SSSR count). The molecular weight excluding hydrogens is 360 g/mol. The van der Waals surface area contributed by atoms with Gasteiger partial charge in [0.1, 0.15) is 16.7 Å². The third-order valence-electron chi connectivity index (χ3n) is 3.42. The van der Waals surface area contributed by atoms with Crippen LogP contribution in [-0.2, 0) is 4.79 Å². The Labute approximate surface area is 153 Å². The Hall–Kier alpha value is -3.01. The molecule has 0 unspecified atom stereocenters. The van der Waals surface area contributed by atoms with Crippen molar-refractivity contribution in [1.82, 2.24) is 9.97 Å². The van der Waals surface area contributed by atoms with Gasteiger partial charge >= 0.3 is 5.97 Å². The minimum atomic E-state index is -1.02. The number of H-pyrrole nitrogens is 1. The van der Waals surface area contributed by atoms with Gasteiger partial charge in [-0.1, -0.05) is 18.7 Å². The number of carboxylic acids is 1. The second kappa shape index (κ2) is 8.39. The Morgan fingerprint density at radius 2 is 2.04 bits per heavy atom. The Bertz CT molecular complexity index is 866. The first-order valence-electron chi connectivity index (χ1n) is 7.60. The highest BCUT2D eigenvalue weighted by Crippen LogP contribution is 2.23. The maximum absolute atomic E-state index is 12.2. The van der Waals surface area contributed by atoms with Crippen LogP contribution in [0.1, 0.15) is 23.7 Å². The number of aromatic nitrogens is 2. The minimum Gasteiger partial charge on any atom is -0.497 e. The van der Waals surface area contributed by atoms with Crippen molar-refractivity contribution < 1.29 is 19.4 Å². The molecule has 0 saturated carbocycles. The molecule has 1 amide bonds. The van der Waals surface area contributed by atoms with Gasteiger partial charge in [-0.15, -0.1) is 0 Å². The number of carbonyl (C=O) groups is 2. The summed E-state index contributed by atoms with van der Waals surface area (Å²) in [6.07, 6.45) is 0.347. The fraction of sp³-hybridized carbons (Fsp3) is 0.250. The topological polar surface area (TPSA) is 147 Å². The number of benzene rings is 1. The number of rotatable bonds is 7. The molecule has 5 N–H and O–H groups in total. The summed E-state index contributed by atoms with van der Waals surface area (Å²) in [7, 11) is 1.51. The molecule has 0 radical (unpaired) electrons. The molecule has 1 atom stereocenters. The average molecular weight is 378 g/mol. The number of nitrogens with two attached hydrogens (primary N) is 1. The van der Waals surface area contributed by atoms with Crippen molar-refractivity contribution in [2.75, 3.05) is 18.2 Å². The van der Waals surface area contributed by atoms with Gasteiger partial charge in [-0.2, -0.15) is 0 Å². The first kappa shape index (κ1) is 19.3. The smallest absolute Gasteiger partial charge is 0.317 e. The quantitative estimate of drug-likeness (QED) is 0.419. The summed E-state index contributed by atoms with van der Waals surface area (Å²) < 4.78 is 5.02. The van der Waals surface area contributed by atoms with E-state index in [1.54, 1.807) is 19.1 Å². The van der Waals surface area contributed by atoms with Crippen molar-refractivity contribution in [1.29, 1.82) is 0 Å². The maximum Gasteiger partial charge on any atom is 0.317 e. The van der Waals surface area contributed by atoms with E-state index in [0.29, 0.717) is 17.7 Å². The number of nitrogens with one attached hydrogen (secondary N) is 2. The number of carboxylic acid groups (broad SMARTS) is 1. The lowest BCUT2D eigenvalue weighted by molar-refractivity contribution is -0.136. The number of aliphatic carboxylic acids is 1. The number of ether oxygens (including phenoxy) is 1. The second-order valence-corrected chi connectivity index (χ2v) is 6.36. The third kappa shape index (κ3) is 4.54. The summed E-state index contributed by atoms with van der Waals surface area (Å²) in [6.45, 7) is 1.71. The van der Waals surface area contributed by atoms with Crippen LogP contribution in [0.25, 0.3) is 0 Å². The number of carbonyl (C=O) groups excluding carboxylic acids is 1. The van der Waals surface area contributed by atoms with E-state index in [0.717, 1.165) is 11.8 Å². The van der Waals surface area contributed by atoms with Gasteiger partial charge in [0, 0.05) is 5.56 Å². The zero-order valence-electron chi connectivity index (χ0n) is 14.1. The first-order chi connectivity index (χ1) is 12.3. The van der Waals surface area contributed by atoms with E-state index in [1.807, 2.05) is 0 Å². The monoisotopic (exact) mass is 378 g/mol. The third-order valence-corrected chi connectivity index (χ3v) is 4.65. The van der Waals surface area contributed by atoms with E-state index < -0.39 is 22.7 Å². The van der Waals surface area contributed by atoms with Crippen molar-refractivity contribution >= 4 is 35.1 Å². The summed E-state index contributed by atoms with van der Waals surface area (Å²) in [4.78, 5) is 41.9. The fourth-order valence-corrected chi connectivity index (χ4v) is 2.86. The molecule has 0 saturated heterocycles. The zero-order valence-corrected chi connectivity index (χ0v) is 14.9. The van der Waals surface area contributed by atoms with E-state index >= 15 is 0 Å². The number of amides is 1. The van der Waals surface area contributed by atoms with Crippen molar-refractivity contribution in [2.24, 2.45) is 0 Å². The Balaban J connectivity index is 2.20. The molecule has 2 aromatic rings. The van der Waals surface area contributed by atoms with Crippen LogP contribution >= 0.6 is 11.8 Å². The number of hydrogen-bond donors (Lipinski definition) is 4. The molecular formula is C16H18N4O5S. The number of nitrogen functional groups attached to an aromatic ring is 1. The molecule has 0 aliphatic heterocycles. The molecule has 0 bridgehead atoms. The molecule has 0 spiro atoms. The van der Waals surface area contributed by atoms with Crippen molar-refractivity contribution in [3.8, 4) is 5.75 Å². The second-order valence-electron chi connectivity index (χ2n) is 5.17. The zero-order chi connectivity index (χ0) is 19.3. The van der Waals surface area contributed by atoms with Gasteiger partial charge < -0.3 is 20.9 Å². The van der Waals surface area contributed by atoms with Crippen LogP contribution in [0, 0.1) is 0 Å². The predicted molar refractivity (Wildman–Crippen MR) is 97.8 cm³/mol. The summed E-state index contributed by atoms with van der Waals surface area (Å²) in [5, 5.41) is 10.8. The summed E-state index contributed by atoms with van der Waals surface area (Å²) >= 11 is 0.880. The van der Waals surface area contributed by atoms with Gasteiger partial charge in [0.25, 0.3) is 11.5 Å². The largest absolute Gasteiger partial charge is 0.497 e. The van der Waals surface area contributed by atoms with Crippen LogP contribution in [0.5, 0.6) is 5.75 Å². The van der Waals surface area contributed by atoms with Crippen molar-refractivity contribution in [3.63, 3.8) is 0 Å². The molecule has 0 aliphatic carbocycles. The summed E-state index contributed by atoms with van der Waals surface area (Å²) in [5.74, 6) is -1.16. The highest BCUT2D eigenvalue weighted by atomic mass is 32.2. The van der Waals surface area contributed by atoms with E-state index in [4.69, 9.17) is 15.6 Å². The van der Waals surface area contributed by atoms with E-state index in [-0.39, 0.29) is 16.7 Å². The van der Waals surface area contributed by atoms with Gasteiger partial charge in [-0.05, 0) is 30.7 Å². The van der Waals surface area contributed by atoms with Gasteiger partial charge in [-0.25, -0.2) is 4.98 Å². The molecule has 1 aromatic carbocycles. The molecule has 0 aliphatic rings. The number of methoxy groups -OCH3 is 1. The molecule has 10 heteroatoms. The van der Waals surface area contributed by atoms with Gasteiger partial charge in [0.2, 0.25) is 0 Å². The number of hydrogen-bond acceptors (Lipinski definition) is 7. The van der Waals surface area contributed by atoms with Gasteiger partial charge in [-0.3, -0.25) is 19.4 Å². The Kier molecular flexibility index (Phi) is 6.23. The molecule has 26 heavy (non-hydrogen) atoms. The Morgan fingerprint density at radius 3 is 2.54 bits per heavy atom. The lowest BCUT2D eigenvalue weighted by atomic mass is 10.2. The van der Waals surface area contributed by atoms with Crippen LogP contribution in [0.2, 0.25) is 0 Å². The highest BCUT2D eigenvalue weighted by molar-refractivity contribution is 8.00. The normalized spacial score (nSPS) is 11.6. The SMILES string of the molecule is CC[C@H](Sc1nc(N)c(NC(=O)c2ccc(OC)cc2)c(=O)[nH]1)C(=O)O. The number of aromatic amines is 1. The van der Waals surface area contributed by atoms with Crippen LogP contribution in [0.15, 0.2) is 34.2 Å². The molecule has 0 fully saturated rings. The van der Waals surface area contributed by atoms with Crippen LogP contribution in [0.4, 0.5) is 11.5 Å². The van der Waals surface area contributed by atoms with Crippen LogP contribution in [0.3, 0.4) is 0 Å². The molecule has 1 aromatic heterocycles. The maximum atomic E-state index is 12.2. The lowest BCUT2D eigenvalue weighted by Crippen LogP contribution is -2.24. The Morgan fingerprint density at radius 1 is 1.38 bits per heavy atom. The standard InChI is InChI=1S/C16H18N4O5S/c1-3-10(15(23)24)26-16-19-12(17)11(14(22)20-16)18-13(21)8-4-6-9(25-2)7-5-8/h4-7,10H,3H2,1-2H3,(H,18,21)(H,23,24)(H3,17,19,20,22)/t10-/m0/s1.